The van der Waals surface area contributed by atoms with Crippen LogP contribution < -0.4 is 0 Å². The maximum atomic E-state index is 12.2. The van der Waals surface area contributed by atoms with Crippen LogP contribution in [0.1, 0.15) is 49.9 Å². The van der Waals surface area contributed by atoms with Gasteiger partial charge in [0, 0.05) is 41.8 Å². The molecule has 8 heteroatoms. The third kappa shape index (κ3) is 7.57. The topological polar surface area (TPSA) is 75.1 Å². The van der Waals surface area contributed by atoms with E-state index >= 15 is 0 Å². The van der Waals surface area contributed by atoms with E-state index in [1.54, 1.807) is 0 Å². The molecule has 2 aliphatic heterocycles. The zero-order valence-corrected chi connectivity index (χ0v) is 25.6. The van der Waals surface area contributed by atoms with Gasteiger partial charge >= 0.3 is 5.97 Å². The number of aliphatic hydroxyl groups is 1. The first-order chi connectivity index (χ1) is 20.2. The molecular formula is C34H42ClN3O4. The predicted octanol–water partition coefficient (Wildman–Crippen LogP) is 5.43. The number of halogens is 1. The molecular weight excluding hydrogens is 550 g/mol. The van der Waals surface area contributed by atoms with Crippen molar-refractivity contribution in [1.82, 2.24) is 14.8 Å². The first-order valence-corrected chi connectivity index (χ1v) is 15.3. The van der Waals surface area contributed by atoms with Gasteiger partial charge in [-0.05, 0) is 81.1 Å². The molecule has 2 aromatic rings. The summed E-state index contributed by atoms with van der Waals surface area (Å²) in [6.07, 6.45) is 13.2. The van der Waals surface area contributed by atoms with Gasteiger partial charge in [0.05, 0.1) is 37.7 Å². The van der Waals surface area contributed by atoms with Crippen LogP contribution in [0.15, 0.2) is 72.5 Å². The number of rotatable bonds is 9. The molecule has 7 nitrogen and oxygen atoms in total. The molecule has 1 aromatic carbocycles. The third-order valence-corrected chi connectivity index (χ3v) is 8.85. The van der Waals surface area contributed by atoms with Gasteiger partial charge < -0.3 is 19.5 Å². The van der Waals surface area contributed by atoms with E-state index in [4.69, 9.17) is 21.1 Å². The quantitative estimate of drug-likeness (QED) is 0.390. The third-order valence-electron chi connectivity index (χ3n) is 8.60. The fourth-order valence-electron chi connectivity index (χ4n) is 6.19. The lowest BCUT2D eigenvalue weighted by atomic mass is 9.80. The number of ether oxygens (including phenoxy) is 2. The average Bonchev–Trinajstić information content (AvgIpc) is 3.14. The van der Waals surface area contributed by atoms with Gasteiger partial charge in [0.2, 0.25) is 0 Å². The molecule has 1 fully saturated rings. The van der Waals surface area contributed by atoms with Crippen LogP contribution >= 0.6 is 11.6 Å². The molecule has 1 saturated heterocycles. The molecule has 5 rings (SSSR count). The molecule has 0 bridgehead atoms. The normalized spacial score (nSPS) is 22.4. The van der Waals surface area contributed by atoms with Crippen molar-refractivity contribution in [2.45, 2.75) is 64.0 Å². The Bertz CT molecular complexity index is 1320. The van der Waals surface area contributed by atoms with Crippen LogP contribution in [0.25, 0.3) is 5.57 Å². The summed E-state index contributed by atoms with van der Waals surface area (Å²) in [6, 6.07) is 12.3. The van der Waals surface area contributed by atoms with E-state index in [0.29, 0.717) is 24.2 Å². The number of pyridine rings is 1. The van der Waals surface area contributed by atoms with Crippen molar-refractivity contribution in [3.8, 4) is 0 Å². The smallest absolute Gasteiger partial charge is 0.319 e. The van der Waals surface area contributed by atoms with Crippen LogP contribution in [-0.4, -0.2) is 76.9 Å². The number of aromatic nitrogens is 1. The summed E-state index contributed by atoms with van der Waals surface area (Å²) in [7, 11) is 1.45. The standard InChI is InChI=1S/C34H42ClN3O4/c1-34(2,40)25-10-13-32-30(20-25)28(29-6-4-16-36-31(29)23-42-32)7-5-17-37-18-14-27(15-19-37)38(22-33(39)41-3)21-24-8-11-26(35)12-9-24/h4,6-13,16,20,27,30,32,40H,5,14-15,17-19,21-23H2,1-3H3/b28-7+. The minimum Gasteiger partial charge on any atom is -0.468 e. The van der Waals surface area contributed by atoms with Crippen LogP contribution in [0.4, 0.5) is 0 Å². The molecule has 0 spiro atoms. The van der Waals surface area contributed by atoms with Crippen molar-refractivity contribution in [3.05, 3.63) is 94.3 Å². The van der Waals surface area contributed by atoms with Gasteiger partial charge in [-0.15, -0.1) is 0 Å². The fourth-order valence-corrected chi connectivity index (χ4v) is 6.32. The second-order valence-corrected chi connectivity index (χ2v) is 12.4. The second-order valence-electron chi connectivity index (χ2n) is 12.0. The highest BCUT2D eigenvalue weighted by Gasteiger charge is 2.33. The van der Waals surface area contributed by atoms with Crippen molar-refractivity contribution < 1.29 is 19.4 Å². The molecule has 1 N–H and O–H groups in total. The summed E-state index contributed by atoms with van der Waals surface area (Å²) in [6.45, 7) is 8.00. The summed E-state index contributed by atoms with van der Waals surface area (Å²) < 4.78 is 11.3. The molecule has 0 saturated carbocycles. The highest BCUT2D eigenvalue weighted by molar-refractivity contribution is 6.30. The summed E-state index contributed by atoms with van der Waals surface area (Å²) in [5.41, 5.74) is 4.42. The number of benzene rings is 1. The van der Waals surface area contributed by atoms with Crippen LogP contribution in [0.5, 0.6) is 0 Å². The molecule has 0 amide bonds. The van der Waals surface area contributed by atoms with Crippen molar-refractivity contribution in [2.24, 2.45) is 5.92 Å². The van der Waals surface area contributed by atoms with Crippen molar-refractivity contribution in [3.63, 3.8) is 0 Å². The van der Waals surface area contributed by atoms with E-state index < -0.39 is 5.60 Å². The molecule has 0 radical (unpaired) electrons. The maximum Gasteiger partial charge on any atom is 0.319 e. The second kappa shape index (κ2) is 13.7. The van der Waals surface area contributed by atoms with E-state index in [1.807, 2.05) is 56.5 Å². The Balaban J connectivity index is 1.25. The number of hydrogen-bond donors (Lipinski definition) is 1. The van der Waals surface area contributed by atoms with Gasteiger partial charge in [0.25, 0.3) is 0 Å². The molecule has 2 atom stereocenters. The minimum absolute atomic E-state index is 0.0207. The Labute approximate surface area is 254 Å². The average molecular weight is 592 g/mol. The number of methoxy groups -OCH3 is 1. The van der Waals surface area contributed by atoms with Crippen molar-refractivity contribution in [1.29, 1.82) is 0 Å². The van der Waals surface area contributed by atoms with Gasteiger partial charge in [-0.3, -0.25) is 14.7 Å². The first kappa shape index (κ1) is 30.6. The fraction of sp³-hybridized carbons (Fsp3) is 0.471. The molecule has 42 heavy (non-hydrogen) atoms. The van der Waals surface area contributed by atoms with Crippen LogP contribution in [0.3, 0.4) is 0 Å². The Kier molecular flexibility index (Phi) is 9.96. The number of carbonyl (C=O) groups is 1. The number of fused-ring (bicyclic) bond motifs is 2. The molecule has 3 aliphatic rings. The molecule has 3 heterocycles. The summed E-state index contributed by atoms with van der Waals surface area (Å²) in [5, 5.41) is 11.4. The molecule has 1 aromatic heterocycles. The van der Waals surface area contributed by atoms with E-state index in [0.717, 1.165) is 61.3 Å². The predicted molar refractivity (Wildman–Crippen MR) is 166 cm³/mol. The number of piperidine rings is 1. The van der Waals surface area contributed by atoms with Crippen molar-refractivity contribution >= 4 is 23.1 Å². The first-order valence-electron chi connectivity index (χ1n) is 14.9. The van der Waals surface area contributed by atoms with E-state index in [-0.39, 0.29) is 24.5 Å². The summed E-state index contributed by atoms with van der Waals surface area (Å²) >= 11 is 6.08. The zero-order valence-electron chi connectivity index (χ0n) is 24.8. The van der Waals surface area contributed by atoms with Gasteiger partial charge in [-0.2, -0.15) is 0 Å². The lowest BCUT2D eigenvalue weighted by Crippen LogP contribution is -2.46. The number of likely N-dealkylation sites (tertiary alicyclic amines) is 1. The van der Waals surface area contributed by atoms with E-state index in [1.165, 1.54) is 12.7 Å². The Morgan fingerprint density at radius 2 is 2.00 bits per heavy atom. The summed E-state index contributed by atoms with van der Waals surface area (Å²) in [4.78, 5) is 21.6. The number of carbonyl (C=O) groups excluding carboxylic acids is 1. The number of hydrogen-bond acceptors (Lipinski definition) is 7. The highest BCUT2D eigenvalue weighted by Crippen LogP contribution is 2.39. The van der Waals surface area contributed by atoms with Crippen molar-refractivity contribution in [2.75, 3.05) is 33.3 Å². The lowest BCUT2D eigenvalue weighted by molar-refractivity contribution is -0.143. The zero-order chi connectivity index (χ0) is 29.7. The molecule has 224 valence electrons. The van der Waals surface area contributed by atoms with Crippen LogP contribution in [0, 0.1) is 5.92 Å². The highest BCUT2D eigenvalue weighted by atomic mass is 35.5. The maximum absolute atomic E-state index is 12.2. The Morgan fingerprint density at radius 3 is 2.71 bits per heavy atom. The Hall–Kier alpha value is -2.81. The largest absolute Gasteiger partial charge is 0.468 e. The van der Waals surface area contributed by atoms with Gasteiger partial charge in [-0.25, -0.2) is 0 Å². The number of nitrogens with zero attached hydrogens (tertiary/aromatic N) is 3. The van der Waals surface area contributed by atoms with Gasteiger partial charge in [0.15, 0.2) is 0 Å². The molecule has 1 aliphatic carbocycles. The van der Waals surface area contributed by atoms with E-state index in [9.17, 15) is 9.90 Å². The van der Waals surface area contributed by atoms with Gasteiger partial charge in [-0.1, -0.05) is 54.1 Å². The monoisotopic (exact) mass is 591 g/mol. The van der Waals surface area contributed by atoms with E-state index in [2.05, 4.69) is 39.1 Å². The SMILES string of the molecule is COC(=O)CN(Cc1ccc(Cl)cc1)C1CCN(CC/C=C2\c3cccnc3COC3C=CC(C(C)(C)O)=CC23)CC1. The minimum atomic E-state index is -0.920. The molecule has 2 unspecified atom stereocenters. The lowest BCUT2D eigenvalue weighted by Gasteiger charge is -2.38. The summed E-state index contributed by atoms with van der Waals surface area (Å²) in [5.74, 6) is -0.190. The van der Waals surface area contributed by atoms with Gasteiger partial charge in [0.1, 0.15) is 0 Å². The Morgan fingerprint density at radius 1 is 1.24 bits per heavy atom. The van der Waals surface area contributed by atoms with Crippen LogP contribution in [0.2, 0.25) is 5.02 Å². The van der Waals surface area contributed by atoms with Crippen LogP contribution in [-0.2, 0) is 27.4 Å². The number of esters is 1.